The average molecular weight is 436 g/mol. The molecule has 0 amide bonds. The number of aryl methyl sites for hydroxylation is 1. The monoisotopic (exact) mass is 436 g/mol. The second-order valence-electron chi connectivity index (χ2n) is 7.66. The molecule has 0 aliphatic carbocycles. The van der Waals surface area contributed by atoms with Crippen LogP contribution in [0.25, 0.3) is 51.2 Å². The maximum absolute atomic E-state index is 15.9. The van der Waals surface area contributed by atoms with E-state index >= 15 is 4.39 Å². The van der Waals surface area contributed by atoms with Gasteiger partial charge in [0.05, 0.1) is 21.6 Å². The Bertz CT molecular complexity index is 1610. The molecule has 5 rings (SSSR count). The van der Waals surface area contributed by atoms with E-state index in [1.54, 1.807) is 30.9 Å². The summed E-state index contributed by atoms with van der Waals surface area (Å²) in [6, 6.07) is 11.6. The summed E-state index contributed by atoms with van der Waals surface area (Å²) in [5, 5.41) is 8.18. The third kappa shape index (κ3) is 3.53. The summed E-state index contributed by atoms with van der Waals surface area (Å²) in [6.45, 7) is 7.73. The summed E-state index contributed by atoms with van der Waals surface area (Å²) in [7, 11) is 0. The summed E-state index contributed by atoms with van der Waals surface area (Å²) in [5.74, 6) is -0.0116. The second kappa shape index (κ2) is 8.27. The van der Waals surface area contributed by atoms with Crippen LogP contribution in [0.1, 0.15) is 18.1 Å². The summed E-state index contributed by atoms with van der Waals surface area (Å²) < 4.78 is 15.9. The van der Waals surface area contributed by atoms with E-state index in [1.165, 1.54) is 0 Å². The lowest BCUT2D eigenvalue weighted by molar-refractivity contribution is 0.764. The first kappa shape index (κ1) is 20.5. The van der Waals surface area contributed by atoms with Crippen LogP contribution in [0.2, 0.25) is 0 Å². The van der Waals surface area contributed by atoms with Gasteiger partial charge in [0.1, 0.15) is 11.5 Å². The van der Waals surface area contributed by atoms with Gasteiger partial charge in [-0.25, -0.2) is 9.37 Å². The highest BCUT2D eigenvalue weighted by atomic mass is 19.1. The van der Waals surface area contributed by atoms with E-state index in [0.29, 0.717) is 27.6 Å². The number of nitrogens with one attached hydrogen (secondary N) is 2. The van der Waals surface area contributed by atoms with Gasteiger partial charge >= 0.3 is 0 Å². The van der Waals surface area contributed by atoms with E-state index in [2.05, 4.69) is 31.7 Å². The van der Waals surface area contributed by atoms with Crippen LogP contribution in [0.3, 0.4) is 0 Å². The van der Waals surface area contributed by atoms with Crippen molar-refractivity contribution in [3.63, 3.8) is 0 Å². The van der Waals surface area contributed by atoms with E-state index < -0.39 is 5.83 Å². The van der Waals surface area contributed by atoms with E-state index in [1.807, 2.05) is 50.2 Å². The summed E-state index contributed by atoms with van der Waals surface area (Å²) >= 11 is 0. The topological polar surface area (TPSA) is 83.1 Å². The Morgan fingerprint density at radius 2 is 1.91 bits per heavy atom. The van der Waals surface area contributed by atoms with Crippen molar-refractivity contribution in [3.8, 4) is 22.6 Å². The molecule has 0 spiro atoms. The summed E-state index contributed by atoms with van der Waals surface area (Å²) in [5.41, 5.74) is 5.64. The molecule has 0 saturated heterocycles. The highest BCUT2D eigenvalue weighted by Gasteiger charge is 2.18. The Hall–Kier alpha value is -4.39. The molecule has 0 unspecified atom stereocenters. The molecule has 7 heteroatoms. The van der Waals surface area contributed by atoms with Crippen molar-refractivity contribution in [1.82, 2.24) is 30.1 Å². The molecule has 0 radical (unpaired) electrons. The standard InChI is InChI=1S/C26H21FN6/c1-4-20-22(23(27)16(3)19-14-29-12-10-15(19)2)25(33-32-20)26-30-21-9-5-8-18(24(21)31-26)17-7-6-11-28-13-17/h4-14,32H,3H2,1-2H3,(H,30,31)/b20-4+,23-22-. The number of allylic oxidation sites excluding steroid dienone is 1. The van der Waals surface area contributed by atoms with Crippen molar-refractivity contribution in [2.24, 2.45) is 0 Å². The van der Waals surface area contributed by atoms with Crippen LogP contribution < -0.4 is 10.6 Å². The van der Waals surface area contributed by atoms with Gasteiger partial charge in [-0.15, -0.1) is 0 Å². The molecule has 33 heavy (non-hydrogen) atoms. The maximum Gasteiger partial charge on any atom is 0.159 e. The van der Waals surface area contributed by atoms with Crippen LogP contribution >= 0.6 is 0 Å². The number of H-pyrrole nitrogens is 2. The van der Waals surface area contributed by atoms with Crippen molar-refractivity contribution in [3.05, 3.63) is 89.5 Å². The third-order valence-electron chi connectivity index (χ3n) is 5.64. The number of imidazole rings is 1. The predicted octanol–water partition coefficient (Wildman–Crippen LogP) is 4.31. The highest BCUT2D eigenvalue weighted by molar-refractivity contribution is 5.96. The summed E-state index contributed by atoms with van der Waals surface area (Å²) in [4.78, 5) is 16.4. The number of aromatic amines is 2. The Kier molecular flexibility index (Phi) is 5.14. The molecule has 5 aromatic rings. The van der Waals surface area contributed by atoms with Crippen LogP contribution in [0.4, 0.5) is 4.39 Å². The van der Waals surface area contributed by atoms with E-state index in [4.69, 9.17) is 4.98 Å². The number of aromatic nitrogens is 6. The number of pyridine rings is 2. The molecule has 4 heterocycles. The molecule has 0 atom stereocenters. The van der Waals surface area contributed by atoms with Gasteiger partial charge in [0, 0.05) is 47.1 Å². The maximum atomic E-state index is 15.9. The smallest absolute Gasteiger partial charge is 0.159 e. The molecule has 0 fully saturated rings. The lowest BCUT2D eigenvalue weighted by Gasteiger charge is -2.06. The molecule has 0 aliphatic rings. The predicted molar refractivity (Wildman–Crippen MR) is 129 cm³/mol. The van der Waals surface area contributed by atoms with Crippen LogP contribution in [0.15, 0.2) is 67.8 Å². The largest absolute Gasteiger partial charge is 0.337 e. The minimum absolute atomic E-state index is 0.249. The van der Waals surface area contributed by atoms with Gasteiger partial charge in [0.15, 0.2) is 5.82 Å². The Labute approximate surface area is 189 Å². The van der Waals surface area contributed by atoms with Gasteiger partial charge in [0.25, 0.3) is 0 Å². The van der Waals surface area contributed by atoms with Crippen molar-refractivity contribution in [1.29, 1.82) is 0 Å². The number of nitrogens with zero attached hydrogens (tertiary/aromatic N) is 4. The normalized spacial score (nSPS) is 12.9. The Balaban J connectivity index is 1.73. The first-order chi connectivity index (χ1) is 16.1. The van der Waals surface area contributed by atoms with E-state index in [0.717, 1.165) is 27.7 Å². The Morgan fingerprint density at radius 1 is 1.06 bits per heavy atom. The first-order valence-electron chi connectivity index (χ1n) is 10.5. The van der Waals surface area contributed by atoms with Crippen molar-refractivity contribution >= 4 is 28.5 Å². The zero-order chi connectivity index (χ0) is 22.9. The number of para-hydroxylation sites is 1. The van der Waals surface area contributed by atoms with Crippen molar-refractivity contribution in [2.45, 2.75) is 13.8 Å². The molecule has 2 N–H and O–H groups in total. The van der Waals surface area contributed by atoms with E-state index in [9.17, 15) is 0 Å². The fourth-order valence-corrected chi connectivity index (χ4v) is 3.91. The molecule has 0 bridgehead atoms. The molecule has 162 valence electrons. The third-order valence-corrected chi connectivity index (χ3v) is 5.64. The molecule has 0 saturated carbocycles. The first-order valence-corrected chi connectivity index (χ1v) is 10.5. The van der Waals surface area contributed by atoms with Gasteiger partial charge in [-0.3, -0.25) is 15.1 Å². The zero-order valence-corrected chi connectivity index (χ0v) is 18.2. The van der Waals surface area contributed by atoms with Crippen LogP contribution in [0.5, 0.6) is 0 Å². The van der Waals surface area contributed by atoms with Crippen molar-refractivity contribution < 1.29 is 4.39 Å². The molecular weight excluding hydrogens is 415 g/mol. The van der Waals surface area contributed by atoms with Gasteiger partial charge in [-0.2, -0.15) is 5.10 Å². The Morgan fingerprint density at radius 3 is 2.67 bits per heavy atom. The van der Waals surface area contributed by atoms with Crippen LogP contribution in [-0.4, -0.2) is 30.1 Å². The van der Waals surface area contributed by atoms with Gasteiger partial charge in [-0.05, 0) is 37.6 Å². The van der Waals surface area contributed by atoms with Crippen molar-refractivity contribution in [2.75, 3.05) is 0 Å². The molecule has 0 aliphatic heterocycles. The molecule has 1 aromatic carbocycles. The van der Waals surface area contributed by atoms with Gasteiger partial charge in [0.2, 0.25) is 0 Å². The number of rotatable bonds is 4. The average Bonchev–Trinajstić information content (AvgIpc) is 3.48. The quantitative estimate of drug-likeness (QED) is 0.440. The van der Waals surface area contributed by atoms with Crippen LogP contribution in [0, 0.1) is 6.92 Å². The fraction of sp³-hybridized carbons (Fsp3) is 0.0769. The zero-order valence-electron chi connectivity index (χ0n) is 18.2. The molecule has 6 nitrogen and oxygen atoms in total. The summed E-state index contributed by atoms with van der Waals surface area (Å²) in [6.07, 6.45) is 8.59. The lowest BCUT2D eigenvalue weighted by Crippen LogP contribution is -2.26. The lowest BCUT2D eigenvalue weighted by atomic mass is 10.0. The SMILES string of the molecule is C=C(/C(F)=c1/c(-c2nc3c(-c4cccnc4)cccc3[nH]2)n[nH]/c1=C/C)c1cnccc1C. The van der Waals surface area contributed by atoms with Crippen LogP contribution in [-0.2, 0) is 0 Å². The number of halogens is 1. The number of fused-ring (bicyclic) bond motifs is 1. The minimum atomic E-state index is -0.476. The van der Waals surface area contributed by atoms with E-state index in [-0.39, 0.29) is 5.57 Å². The second-order valence-corrected chi connectivity index (χ2v) is 7.66. The number of hydrogen-bond acceptors (Lipinski definition) is 4. The van der Waals surface area contributed by atoms with Gasteiger partial charge < -0.3 is 4.98 Å². The number of benzene rings is 1. The van der Waals surface area contributed by atoms with Gasteiger partial charge in [-0.1, -0.05) is 30.9 Å². The fourth-order valence-electron chi connectivity index (χ4n) is 3.91. The molecular formula is C26H21FN6. The highest BCUT2D eigenvalue weighted by Crippen LogP contribution is 2.29. The minimum Gasteiger partial charge on any atom is -0.337 e. The molecule has 4 aromatic heterocycles. The number of hydrogen-bond donors (Lipinski definition) is 2.